The highest BCUT2D eigenvalue weighted by atomic mass is 16.5. The van der Waals surface area contributed by atoms with Crippen LogP contribution in [0.15, 0.2) is 48.5 Å². The third kappa shape index (κ3) is 10.3. The molecule has 2 unspecified atom stereocenters. The van der Waals surface area contributed by atoms with E-state index in [1.165, 1.54) is 10.5 Å². The molecule has 2 aromatic rings. The van der Waals surface area contributed by atoms with Gasteiger partial charge < -0.3 is 39.2 Å². The summed E-state index contributed by atoms with van der Waals surface area (Å²) in [5.41, 5.74) is 1.27. The number of carboxylic acid groups (broad SMARTS) is 2. The Balaban J connectivity index is 0.000000703. The monoisotopic (exact) mass is 435 g/mol. The Kier molecular flexibility index (Phi) is 11.5. The summed E-state index contributed by atoms with van der Waals surface area (Å²) in [6.45, 7) is 4.82. The number of carbonyl (C=O) groups is 2. The lowest BCUT2D eigenvalue weighted by atomic mass is 10.2. The van der Waals surface area contributed by atoms with Crippen LogP contribution in [0.5, 0.6) is 17.2 Å². The summed E-state index contributed by atoms with van der Waals surface area (Å²) in [5.74, 6) is -2.07. The number of benzene rings is 2. The van der Waals surface area contributed by atoms with Crippen molar-refractivity contribution in [1.82, 2.24) is 0 Å². The predicted molar refractivity (Wildman–Crippen MR) is 110 cm³/mol. The average Bonchev–Trinajstić information content (AvgIpc) is 2.77. The first-order chi connectivity index (χ1) is 14.8. The number of likely N-dealkylation sites (N-methyl/N-ethyl adjacent to an activating group) is 1. The molecule has 0 aromatic heterocycles. The number of hydrogen-bond acceptors (Lipinski definition) is 7. The highest BCUT2D eigenvalue weighted by molar-refractivity contribution is 6.26. The minimum atomic E-state index is -2.07. The Labute approximate surface area is 181 Å². The molecule has 170 valence electrons. The number of carbonyl (C=O) groups excluding carboxylic acids is 1. The van der Waals surface area contributed by atoms with Gasteiger partial charge in [0, 0.05) is 23.8 Å². The van der Waals surface area contributed by atoms with Crippen LogP contribution in [0.2, 0.25) is 0 Å². The second-order valence-electron chi connectivity index (χ2n) is 6.58. The SMILES string of the molecule is CC[NH+](Cc1ccccc1)CC(O)COc1cc(OC)cc(OC)c1.O=C([O-])C(=O)O. The number of rotatable bonds is 10. The molecule has 2 atom stereocenters. The lowest BCUT2D eigenvalue weighted by Gasteiger charge is -2.21. The molecule has 0 aliphatic rings. The lowest BCUT2D eigenvalue weighted by Crippen LogP contribution is -3.11. The van der Waals surface area contributed by atoms with Crippen LogP contribution in [0.25, 0.3) is 0 Å². The zero-order valence-corrected chi connectivity index (χ0v) is 17.9. The standard InChI is InChI=1S/C20H27NO4.C2H2O4/c1-4-21(13-16-8-6-5-7-9-16)14-17(22)15-25-20-11-18(23-2)10-19(12-20)24-3;3-1(4)2(5)6/h5-12,17,22H,4,13-15H2,1-3H3;(H,3,4)(H,5,6). The molecule has 2 rings (SSSR count). The number of ether oxygens (including phenoxy) is 3. The van der Waals surface area contributed by atoms with E-state index in [4.69, 9.17) is 34.0 Å². The summed E-state index contributed by atoms with van der Waals surface area (Å²) in [4.78, 5) is 19.3. The van der Waals surface area contributed by atoms with E-state index >= 15 is 0 Å². The summed E-state index contributed by atoms with van der Waals surface area (Å²) in [6.07, 6.45) is -0.546. The van der Waals surface area contributed by atoms with Gasteiger partial charge in [0.05, 0.1) is 20.8 Å². The first kappa shape index (κ1) is 25.7. The minimum Gasteiger partial charge on any atom is -0.539 e. The maximum atomic E-state index is 10.3. The molecule has 0 spiro atoms. The molecule has 0 fully saturated rings. The summed E-state index contributed by atoms with van der Waals surface area (Å²) in [5, 5.41) is 26.7. The van der Waals surface area contributed by atoms with Crippen LogP contribution in [0.3, 0.4) is 0 Å². The van der Waals surface area contributed by atoms with Crippen LogP contribution in [0.1, 0.15) is 12.5 Å². The number of methoxy groups -OCH3 is 2. The third-order valence-electron chi connectivity index (χ3n) is 4.26. The molecular formula is C22H29NO8. The fourth-order valence-electron chi connectivity index (χ4n) is 2.68. The van der Waals surface area contributed by atoms with Crippen molar-refractivity contribution in [2.24, 2.45) is 0 Å². The Morgan fingerprint density at radius 3 is 2.00 bits per heavy atom. The summed E-state index contributed by atoms with van der Waals surface area (Å²) >= 11 is 0. The summed E-state index contributed by atoms with van der Waals surface area (Å²) in [7, 11) is 3.19. The van der Waals surface area contributed by atoms with Gasteiger partial charge in [0.15, 0.2) is 5.97 Å². The second kappa shape index (κ2) is 13.8. The van der Waals surface area contributed by atoms with Gasteiger partial charge >= 0.3 is 5.97 Å². The zero-order valence-electron chi connectivity index (χ0n) is 17.9. The summed E-state index contributed by atoms with van der Waals surface area (Å²) < 4.78 is 16.2. The van der Waals surface area contributed by atoms with Crippen LogP contribution in [0, 0.1) is 0 Å². The van der Waals surface area contributed by atoms with Crippen LogP contribution in [-0.2, 0) is 16.1 Å². The predicted octanol–water partition coefficient (Wildman–Crippen LogP) is -0.631. The van der Waals surface area contributed by atoms with Crippen molar-refractivity contribution in [3.8, 4) is 17.2 Å². The average molecular weight is 435 g/mol. The van der Waals surface area contributed by atoms with E-state index in [1.807, 2.05) is 18.2 Å². The van der Waals surface area contributed by atoms with Crippen LogP contribution in [0.4, 0.5) is 0 Å². The quantitative estimate of drug-likeness (QED) is 0.421. The first-order valence-corrected chi connectivity index (χ1v) is 9.64. The molecule has 0 aliphatic carbocycles. The van der Waals surface area contributed by atoms with Gasteiger partial charge in [-0.25, -0.2) is 4.79 Å². The molecule has 2 aromatic carbocycles. The smallest absolute Gasteiger partial charge is 0.351 e. The zero-order chi connectivity index (χ0) is 23.2. The van der Waals surface area contributed by atoms with E-state index in [0.29, 0.717) is 23.8 Å². The van der Waals surface area contributed by atoms with E-state index in [9.17, 15) is 5.11 Å². The normalized spacial score (nSPS) is 12.0. The molecule has 9 nitrogen and oxygen atoms in total. The number of quaternary nitrogens is 1. The van der Waals surface area contributed by atoms with E-state index in [0.717, 1.165) is 13.1 Å². The van der Waals surface area contributed by atoms with E-state index in [1.54, 1.807) is 32.4 Å². The molecule has 0 radical (unpaired) electrons. The van der Waals surface area contributed by atoms with Crippen molar-refractivity contribution in [1.29, 1.82) is 0 Å². The van der Waals surface area contributed by atoms with Crippen molar-refractivity contribution in [3.63, 3.8) is 0 Å². The fraction of sp³-hybridized carbons (Fsp3) is 0.364. The number of aliphatic hydroxyl groups excluding tert-OH is 1. The molecule has 0 bridgehead atoms. The van der Waals surface area contributed by atoms with Gasteiger partial charge in [0.1, 0.15) is 43.0 Å². The lowest BCUT2D eigenvalue weighted by molar-refractivity contribution is -0.915. The number of aliphatic carboxylic acids is 2. The van der Waals surface area contributed by atoms with Crippen molar-refractivity contribution < 1.29 is 44.0 Å². The Morgan fingerprint density at radius 1 is 1.03 bits per heavy atom. The maximum Gasteiger partial charge on any atom is 0.351 e. The fourth-order valence-corrected chi connectivity index (χ4v) is 2.68. The van der Waals surface area contributed by atoms with E-state index in [2.05, 4.69) is 19.1 Å². The molecule has 9 heteroatoms. The van der Waals surface area contributed by atoms with Gasteiger partial charge in [-0.3, -0.25) is 0 Å². The largest absolute Gasteiger partial charge is 0.539 e. The topological polar surface area (TPSA) is 130 Å². The number of hydrogen-bond donors (Lipinski definition) is 3. The number of carboxylic acids is 2. The Morgan fingerprint density at radius 2 is 1.55 bits per heavy atom. The second-order valence-corrected chi connectivity index (χ2v) is 6.58. The minimum absolute atomic E-state index is 0.231. The summed E-state index contributed by atoms with van der Waals surface area (Å²) in [6, 6.07) is 15.7. The highest BCUT2D eigenvalue weighted by Gasteiger charge is 2.15. The van der Waals surface area contributed by atoms with Crippen molar-refractivity contribution in [2.45, 2.75) is 19.6 Å². The van der Waals surface area contributed by atoms with Gasteiger partial charge in [-0.15, -0.1) is 0 Å². The molecule has 0 saturated carbocycles. The van der Waals surface area contributed by atoms with Crippen LogP contribution < -0.4 is 24.2 Å². The van der Waals surface area contributed by atoms with Crippen LogP contribution in [-0.4, -0.2) is 62.2 Å². The van der Waals surface area contributed by atoms with Crippen molar-refractivity contribution in [3.05, 3.63) is 54.1 Å². The van der Waals surface area contributed by atoms with Gasteiger partial charge in [-0.05, 0) is 6.92 Å². The highest BCUT2D eigenvalue weighted by Crippen LogP contribution is 2.27. The Bertz CT molecular complexity index is 778. The molecule has 31 heavy (non-hydrogen) atoms. The molecule has 0 amide bonds. The van der Waals surface area contributed by atoms with Gasteiger partial charge in [-0.1, -0.05) is 30.3 Å². The van der Waals surface area contributed by atoms with E-state index < -0.39 is 18.0 Å². The molecule has 3 N–H and O–H groups in total. The molecule has 0 saturated heterocycles. The molecular weight excluding hydrogens is 406 g/mol. The first-order valence-electron chi connectivity index (χ1n) is 9.64. The van der Waals surface area contributed by atoms with Gasteiger partial charge in [-0.2, -0.15) is 0 Å². The van der Waals surface area contributed by atoms with Gasteiger partial charge in [0.25, 0.3) is 0 Å². The molecule has 0 heterocycles. The van der Waals surface area contributed by atoms with Crippen LogP contribution >= 0.6 is 0 Å². The van der Waals surface area contributed by atoms with Gasteiger partial charge in [0.2, 0.25) is 0 Å². The third-order valence-corrected chi connectivity index (χ3v) is 4.26. The number of aliphatic hydroxyl groups is 1. The Hall–Kier alpha value is -3.30. The molecule has 0 aliphatic heterocycles. The van der Waals surface area contributed by atoms with E-state index in [-0.39, 0.29) is 6.61 Å². The number of nitrogens with one attached hydrogen (secondary N) is 1. The van der Waals surface area contributed by atoms with Crippen molar-refractivity contribution in [2.75, 3.05) is 33.9 Å². The maximum absolute atomic E-state index is 10.3. The van der Waals surface area contributed by atoms with Crippen molar-refractivity contribution >= 4 is 11.9 Å².